The molecule has 1 aromatic carbocycles. The van der Waals surface area contributed by atoms with Gasteiger partial charge in [-0.25, -0.2) is 9.97 Å². The summed E-state index contributed by atoms with van der Waals surface area (Å²) in [5.74, 6) is -1.02. The van der Waals surface area contributed by atoms with Crippen LogP contribution in [0.3, 0.4) is 0 Å². The van der Waals surface area contributed by atoms with Crippen molar-refractivity contribution in [3.63, 3.8) is 0 Å². The number of carbonyl (C=O) groups is 1. The van der Waals surface area contributed by atoms with Crippen molar-refractivity contribution in [2.24, 2.45) is 5.92 Å². The number of benzene rings is 1. The van der Waals surface area contributed by atoms with Crippen LogP contribution in [0, 0.1) is 16.0 Å². The number of carboxylic acids is 1. The molecule has 0 radical (unpaired) electrons. The highest BCUT2D eigenvalue weighted by Gasteiger charge is 2.31. The Kier molecular flexibility index (Phi) is 5.17. The molecule has 1 fully saturated rings. The molecule has 26 heavy (non-hydrogen) atoms. The minimum atomic E-state index is -0.841. The summed E-state index contributed by atoms with van der Waals surface area (Å²) >= 11 is 5.85. The SMILES string of the molecule is O=C(O)C1CCN(c2ncnc(Nc3ccc(Cl)cc3)c2[N+](=O)[O-])CC1. The number of rotatable bonds is 5. The third-order valence-electron chi connectivity index (χ3n) is 4.24. The fourth-order valence-corrected chi connectivity index (χ4v) is 2.99. The summed E-state index contributed by atoms with van der Waals surface area (Å²) < 4.78 is 0. The maximum absolute atomic E-state index is 11.6. The number of halogens is 1. The third-order valence-corrected chi connectivity index (χ3v) is 4.49. The Balaban J connectivity index is 1.88. The van der Waals surface area contributed by atoms with E-state index in [1.165, 1.54) is 6.33 Å². The van der Waals surface area contributed by atoms with Gasteiger partial charge in [0.25, 0.3) is 0 Å². The third kappa shape index (κ3) is 3.83. The van der Waals surface area contributed by atoms with Crippen LogP contribution >= 0.6 is 11.6 Å². The van der Waals surface area contributed by atoms with Crippen molar-refractivity contribution >= 4 is 40.6 Å². The highest BCUT2D eigenvalue weighted by molar-refractivity contribution is 6.30. The topological polar surface area (TPSA) is 121 Å². The lowest BCUT2D eigenvalue weighted by molar-refractivity contribution is -0.383. The van der Waals surface area contributed by atoms with E-state index in [1.807, 2.05) is 0 Å². The maximum atomic E-state index is 11.6. The fourth-order valence-electron chi connectivity index (χ4n) is 2.87. The molecular weight excluding hydrogens is 362 g/mol. The van der Waals surface area contributed by atoms with E-state index in [4.69, 9.17) is 16.7 Å². The maximum Gasteiger partial charge on any atom is 0.353 e. The van der Waals surface area contributed by atoms with Crippen LogP contribution in [0.1, 0.15) is 12.8 Å². The summed E-state index contributed by atoms with van der Waals surface area (Å²) in [6.07, 6.45) is 2.08. The van der Waals surface area contributed by atoms with Gasteiger partial charge in [-0.15, -0.1) is 0 Å². The second kappa shape index (κ2) is 7.52. The monoisotopic (exact) mass is 377 g/mol. The summed E-state index contributed by atoms with van der Waals surface area (Å²) in [6.45, 7) is 0.768. The van der Waals surface area contributed by atoms with Crippen molar-refractivity contribution < 1.29 is 14.8 Å². The minimum absolute atomic E-state index is 0.0719. The molecule has 0 saturated carbocycles. The molecule has 3 rings (SSSR count). The fraction of sp³-hybridized carbons (Fsp3) is 0.312. The zero-order chi connectivity index (χ0) is 18.7. The Bertz CT molecular complexity index is 822. The zero-order valence-corrected chi connectivity index (χ0v) is 14.4. The number of nitro groups is 1. The van der Waals surface area contributed by atoms with Gasteiger partial charge in [0.1, 0.15) is 6.33 Å². The van der Waals surface area contributed by atoms with Crippen molar-refractivity contribution in [2.45, 2.75) is 12.8 Å². The lowest BCUT2D eigenvalue weighted by Gasteiger charge is -2.30. The molecule has 2 N–H and O–H groups in total. The number of nitrogens with zero attached hydrogens (tertiary/aromatic N) is 4. The summed E-state index contributed by atoms with van der Waals surface area (Å²) in [5.41, 5.74) is 0.364. The number of aromatic nitrogens is 2. The first-order chi connectivity index (χ1) is 12.5. The van der Waals surface area contributed by atoms with Crippen LogP contribution in [0.5, 0.6) is 0 Å². The highest BCUT2D eigenvalue weighted by atomic mass is 35.5. The quantitative estimate of drug-likeness (QED) is 0.602. The second-order valence-electron chi connectivity index (χ2n) is 5.88. The van der Waals surface area contributed by atoms with Crippen LogP contribution in [-0.4, -0.2) is 39.1 Å². The van der Waals surface area contributed by atoms with E-state index < -0.39 is 16.8 Å². The van der Waals surface area contributed by atoms with Crippen LogP contribution < -0.4 is 10.2 Å². The number of aliphatic carboxylic acids is 1. The molecule has 0 aliphatic carbocycles. The Hall–Kier alpha value is -2.94. The number of hydrogen-bond acceptors (Lipinski definition) is 7. The number of carboxylic acid groups (broad SMARTS) is 1. The van der Waals surface area contributed by atoms with Crippen LogP contribution in [0.15, 0.2) is 30.6 Å². The molecule has 1 aliphatic rings. The largest absolute Gasteiger partial charge is 0.481 e. The highest BCUT2D eigenvalue weighted by Crippen LogP contribution is 2.35. The summed E-state index contributed by atoms with van der Waals surface area (Å²) in [5, 5.41) is 24.2. The number of piperidine rings is 1. The van der Waals surface area contributed by atoms with Gasteiger partial charge < -0.3 is 15.3 Å². The van der Waals surface area contributed by atoms with Gasteiger partial charge in [0.15, 0.2) is 0 Å². The predicted molar refractivity (Wildman–Crippen MR) is 96.0 cm³/mol. The van der Waals surface area contributed by atoms with Crippen LogP contribution in [0.4, 0.5) is 23.0 Å². The van der Waals surface area contributed by atoms with Gasteiger partial charge >= 0.3 is 11.7 Å². The summed E-state index contributed by atoms with van der Waals surface area (Å²) in [4.78, 5) is 32.0. The van der Waals surface area contributed by atoms with Gasteiger partial charge in [0.2, 0.25) is 11.6 Å². The molecule has 0 spiro atoms. The number of nitrogens with one attached hydrogen (secondary N) is 1. The van der Waals surface area contributed by atoms with Gasteiger partial charge in [-0.1, -0.05) is 11.6 Å². The van der Waals surface area contributed by atoms with E-state index in [9.17, 15) is 14.9 Å². The average molecular weight is 378 g/mol. The Morgan fingerprint density at radius 1 is 1.27 bits per heavy atom. The molecule has 1 aliphatic heterocycles. The summed E-state index contributed by atoms with van der Waals surface area (Å²) in [7, 11) is 0. The number of anilines is 3. The van der Waals surface area contributed by atoms with E-state index in [0.717, 1.165) is 0 Å². The van der Waals surface area contributed by atoms with Crippen molar-refractivity contribution in [3.05, 3.63) is 45.7 Å². The molecule has 136 valence electrons. The standard InChI is InChI=1S/C16H16ClN5O4/c17-11-1-3-12(4-2-11)20-14-13(22(25)26)15(19-9-18-14)21-7-5-10(6-8-21)16(23)24/h1-4,9-10H,5-8H2,(H,23,24)(H,18,19,20). The van der Waals surface area contributed by atoms with E-state index in [1.54, 1.807) is 29.2 Å². The van der Waals surface area contributed by atoms with Crippen molar-refractivity contribution in [2.75, 3.05) is 23.3 Å². The smallest absolute Gasteiger partial charge is 0.353 e. The van der Waals surface area contributed by atoms with E-state index in [-0.39, 0.29) is 17.3 Å². The van der Waals surface area contributed by atoms with Crippen LogP contribution in [-0.2, 0) is 4.79 Å². The molecule has 0 amide bonds. The van der Waals surface area contributed by atoms with Crippen molar-refractivity contribution in [3.8, 4) is 0 Å². The first-order valence-electron chi connectivity index (χ1n) is 7.95. The van der Waals surface area contributed by atoms with E-state index in [0.29, 0.717) is 36.6 Å². The molecule has 9 nitrogen and oxygen atoms in total. The zero-order valence-electron chi connectivity index (χ0n) is 13.6. The Labute approximate surface area is 153 Å². The average Bonchev–Trinajstić information content (AvgIpc) is 2.63. The Morgan fingerprint density at radius 3 is 2.50 bits per heavy atom. The van der Waals surface area contributed by atoms with Crippen LogP contribution in [0.25, 0.3) is 0 Å². The first kappa shape index (κ1) is 17.9. The second-order valence-corrected chi connectivity index (χ2v) is 6.32. The van der Waals surface area contributed by atoms with Gasteiger partial charge in [-0.05, 0) is 37.1 Å². The van der Waals surface area contributed by atoms with Crippen molar-refractivity contribution in [1.82, 2.24) is 9.97 Å². The molecule has 0 unspecified atom stereocenters. The van der Waals surface area contributed by atoms with E-state index >= 15 is 0 Å². The lowest BCUT2D eigenvalue weighted by Crippen LogP contribution is -2.37. The summed E-state index contributed by atoms with van der Waals surface area (Å²) in [6, 6.07) is 6.70. The molecular formula is C16H16ClN5O4. The van der Waals surface area contributed by atoms with Gasteiger partial charge in [0, 0.05) is 23.8 Å². The molecule has 1 aromatic heterocycles. The van der Waals surface area contributed by atoms with Crippen molar-refractivity contribution in [1.29, 1.82) is 0 Å². The van der Waals surface area contributed by atoms with Gasteiger partial charge in [-0.2, -0.15) is 0 Å². The normalized spacial score (nSPS) is 14.9. The number of hydrogen-bond donors (Lipinski definition) is 2. The van der Waals surface area contributed by atoms with Gasteiger partial charge in [0.05, 0.1) is 10.8 Å². The molecule has 2 aromatic rings. The molecule has 2 heterocycles. The predicted octanol–water partition coefficient (Wildman–Crippen LogP) is 3.08. The Morgan fingerprint density at radius 2 is 1.92 bits per heavy atom. The molecule has 0 atom stereocenters. The first-order valence-corrected chi connectivity index (χ1v) is 8.33. The van der Waals surface area contributed by atoms with E-state index in [2.05, 4.69) is 15.3 Å². The molecule has 0 bridgehead atoms. The van der Waals surface area contributed by atoms with Crippen LogP contribution in [0.2, 0.25) is 5.02 Å². The minimum Gasteiger partial charge on any atom is -0.481 e. The van der Waals surface area contributed by atoms with Gasteiger partial charge in [-0.3, -0.25) is 14.9 Å². The lowest BCUT2D eigenvalue weighted by atomic mass is 9.97. The molecule has 10 heteroatoms. The molecule has 1 saturated heterocycles.